The summed E-state index contributed by atoms with van der Waals surface area (Å²) >= 11 is 9.79. The quantitative estimate of drug-likeness (QED) is 0.141. The van der Waals surface area contributed by atoms with E-state index in [1.54, 1.807) is 12.1 Å². The minimum atomic E-state index is -0.560. The average Bonchev–Trinajstić information content (AvgIpc) is 2.83. The Bertz CT molecular complexity index is 1590. The van der Waals surface area contributed by atoms with E-state index in [1.165, 1.54) is 23.0 Å². The van der Waals surface area contributed by atoms with Crippen molar-refractivity contribution in [2.75, 3.05) is 0 Å². The van der Waals surface area contributed by atoms with Crippen molar-refractivity contribution in [2.45, 2.75) is 39.7 Å². The Kier molecular flexibility index (Phi) is 7.47. The summed E-state index contributed by atoms with van der Waals surface area (Å²) in [4.78, 5) is 29.3. The predicted molar refractivity (Wildman–Crippen MR) is 149 cm³/mol. The number of aromatic nitrogens is 2. The Hall–Kier alpha value is -3.56. The van der Waals surface area contributed by atoms with E-state index in [4.69, 9.17) is 16.3 Å². The number of hydrogen-bond donors (Lipinski definition) is 0. The number of fused-ring (bicyclic) bond motifs is 1. The van der Waals surface area contributed by atoms with Gasteiger partial charge in [0.25, 0.3) is 5.56 Å². The molecule has 0 aliphatic heterocycles. The minimum absolute atomic E-state index is 0.0332. The van der Waals surface area contributed by atoms with Gasteiger partial charge in [0.05, 0.1) is 27.1 Å². The summed E-state index contributed by atoms with van der Waals surface area (Å²) < 4.78 is 7.68. The van der Waals surface area contributed by atoms with E-state index in [2.05, 4.69) is 26.0 Å². The van der Waals surface area contributed by atoms with Gasteiger partial charge in [-0.05, 0) is 36.8 Å². The van der Waals surface area contributed by atoms with E-state index in [-0.39, 0.29) is 28.6 Å². The molecule has 0 spiro atoms. The Labute approximate surface area is 226 Å². The van der Waals surface area contributed by atoms with Gasteiger partial charge in [-0.25, -0.2) is 4.98 Å². The van der Waals surface area contributed by atoms with Gasteiger partial charge in [-0.2, -0.15) is 9.78 Å². The first kappa shape index (κ1) is 26.5. The highest BCUT2D eigenvalue weighted by Crippen LogP contribution is 2.36. The SMILES string of the molecule is Cc1ccc(COc2c(Cl)cc(C=Nn3c(C(C)(C)C)nc4ccc(Br)cc4c3=O)cc2[N+](=O)[O-])cc1. The second-order valence-corrected chi connectivity index (χ2v) is 10.9. The van der Waals surface area contributed by atoms with Gasteiger partial charge in [-0.3, -0.25) is 14.9 Å². The molecule has 0 bridgehead atoms. The maximum Gasteiger partial charge on any atom is 0.313 e. The molecule has 0 unspecified atom stereocenters. The highest BCUT2D eigenvalue weighted by atomic mass is 79.9. The number of hydrogen-bond acceptors (Lipinski definition) is 6. The summed E-state index contributed by atoms with van der Waals surface area (Å²) in [7, 11) is 0. The Morgan fingerprint density at radius 2 is 1.86 bits per heavy atom. The second-order valence-electron chi connectivity index (χ2n) is 9.59. The molecule has 190 valence electrons. The van der Waals surface area contributed by atoms with Crippen molar-refractivity contribution in [1.82, 2.24) is 9.66 Å². The molecular formula is C27H24BrClN4O4. The molecule has 0 atom stereocenters. The molecule has 10 heteroatoms. The lowest BCUT2D eigenvalue weighted by molar-refractivity contribution is -0.385. The van der Waals surface area contributed by atoms with Crippen LogP contribution in [-0.2, 0) is 12.0 Å². The smallest absolute Gasteiger partial charge is 0.313 e. The zero-order valence-corrected chi connectivity index (χ0v) is 23.0. The number of ether oxygens (including phenoxy) is 1. The Morgan fingerprint density at radius 1 is 1.16 bits per heavy atom. The van der Waals surface area contributed by atoms with Crippen molar-refractivity contribution in [1.29, 1.82) is 0 Å². The van der Waals surface area contributed by atoms with Gasteiger partial charge in [0, 0.05) is 21.5 Å². The van der Waals surface area contributed by atoms with Gasteiger partial charge in [0.2, 0.25) is 5.75 Å². The number of halogens is 2. The highest BCUT2D eigenvalue weighted by molar-refractivity contribution is 9.10. The van der Waals surface area contributed by atoms with Crippen LogP contribution >= 0.6 is 27.5 Å². The molecule has 0 aliphatic carbocycles. The number of nitro groups is 1. The first-order chi connectivity index (χ1) is 17.4. The molecule has 8 nitrogen and oxygen atoms in total. The number of nitrogens with zero attached hydrogens (tertiary/aromatic N) is 4. The predicted octanol–water partition coefficient (Wildman–Crippen LogP) is 6.79. The number of rotatable bonds is 6. The van der Waals surface area contributed by atoms with Crippen molar-refractivity contribution in [3.8, 4) is 5.75 Å². The van der Waals surface area contributed by atoms with Crippen molar-refractivity contribution in [3.63, 3.8) is 0 Å². The average molecular weight is 584 g/mol. The van der Waals surface area contributed by atoms with Gasteiger partial charge in [0.15, 0.2) is 0 Å². The molecular weight excluding hydrogens is 560 g/mol. The molecule has 0 saturated heterocycles. The molecule has 4 aromatic rings. The molecule has 0 N–H and O–H groups in total. The van der Waals surface area contributed by atoms with Crippen LogP contribution in [0.4, 0.5) is 5.69 Å². The summed E-state index contributed by atoms with van der Waals surface area (Å²) in [5.41, 5.74) is 1.68. The zero-order chi connectivity index (χ0) is 26.9. The Morgan fingerprint density at radius 3 is 2.51 bits per heavy atom. The molecule has 1 aromatic heterocycles. The first-order valence-electron chi connectivity index (χ1n) is 11.4. The van der Waals surface area contributed by atoms with Gasteiger partial charge in [0.1, 0.15) is 12.4 Å². The molecule has 1 heterocycles. The molecule has 0 fully saturated rings. The third-order valence-electron chi connectivity index (χ3n) is 5.55. The van der Waals surface area contributed by atoms with E-state index in [0.29, 0.717) is 22.3 Å². The molecule has 0 amide bonds. The van der Waals surface area contributed by atoms with Crippen LogP contribution < -0.4 is 10.3 Å². The lowest BCUT2D eigenvalue weighted by atomic mass is 9.95. The van der Waals surface area contributed by atoms with Crippen LogP contribution in [0.2, 0.25) is 5.02 Å². The number of aryl methyl sites for hydroxylation is 1. The van der Waals surface area contributed by atoms with E-state index in [9.17, 15) is 14.9 Å². The summed E-state index contributed by atoms with van der Waals surface area (Å²) in [6.07, 6.45) is 1.35. The van der Waals surface area contributed by atoms with Crippen LogP contribution in [0.3, 0.4) is 0 Å². The van der Waals surface area contributed by atoms with Crippen molar-refractivity contribution in [2.24, 2.45) is 5.10 Å². The minimum Gasteiger partial charge on any atom is -0.481 e. The highest BCUT2D eigenvalue weighted by Gasteiger charge is 2.24. The van der Waals surface area contributed by atoms with Crippen molar-refractivity contribution in [3.05, 3.63) is 107 Å². The lowest BCUT2D eigenvalue weighted by Gasteiger charge is -2.20. The normalized spacial score (nSPS) is 11.8. The van der Waals surface area contributed by atoms with Crippen molar-refractivity contribution < 1.29 is 9.66 Å². The molecule has 4 rings (SSSR count). The fourth-order valence-electron chi connectivity index (χ4n) is 3.66. The van der Waals surface area contributed by atoms with Crippen LogP contribution in [0.5, 0.6) is 5.75 Å². The molecule has 37 heavy (non-hydrogen) atoms. The monoisotopic (exact) mass is 582 g/mol. The van der Waals surface area contributed by atoms with Crippen LogP contribution in [-0.4, -0.2) is 20.8 Å². The summed E-state index contributed by atoms with van der Waals surface area (Å²) in [6.45, 7) is 7.86. The fraction of sp³-hybridized carbons (Fsp3) is 0.222. The van der Waals surface area contributed by atoms with Crippen LogP contribution in [0, 0.1) is 17.0 Å². The topological polar surface area (TPSA) is 99.6 Å². The van der Waals surface area contributed by atoms with Crippen LogP contribution in [0.1, 0.15) is 43.3 Å². The summed E-state index contributed by atoms with van der Waals surface area (Å²) in [5.74, 6) is 0.413. The van der Waals surface area contributed by atoms with Crippen molar-refractivity contribution >= 4 is 50.3 Å². The van der Waals surface area contributed by atoms with Crippen LogP contribution in [0.15, 0.2) is 69.0 Å². The summed E-state index contributed by atoms with van der Waals surface area (Å²) in [6, 6.07) is 15.7. The third-order valence-corrected chi connectivity index (χ3v) is 6.32. The fourth-order valence-corrected chi connectivity index (χ4v) is 4.30. The lowest BCUT2D eigenvalue weighted by Crippen LogP contribution is -2.29. The van der Waals surface area contributed by atoms with E-state index < -0.39 is 10.3 Å². The zero-order valence-electron chi connectivity index (χ0n) is 20.7. The maximum absolute atomic E-state index is 13.3. The second kappa shape index (κ2) is 10.4. The third kappa shape index (κ3) is 5.89. The number of benzene rings is 3. The van der Waals surface area contributed by atoms with E-state index >= 15 is 0 Å². The van der Waals surface area contributed by atoms with Gasteiger partial charge < -0.3 is 4.74 Å². The van der Waals surface area contributed by atoms with E-state index in [1.807, 2.05) is 58.0 Å². The maximum atomic E-state index is 13.3. The van der Waals surface area contributed by atoms with Gasteiger partial charge >= 0.3 is 5.69 Å². The Balaban J connectivity index is 1.74. The van der Waals surface area contributed by atoms with Gasteiger partial charge in [-0.1, -0.05) is 78.1 Å². The molecule has 0 radical (unpaired) electrons. The largest absolute Gasteiger partial charge is 0.481 e. The van der Waals surface area contributed by atoms with Gasteiger partial charge in [-0.15, -0.1) is 0 Å². The summed E-state index contributed by atoms with van der Waals surface area (Å²) in [5, 5.41) is 16.7. The standard InChI is InChI=1S/C27H24BrClN4O4/c1-16-5-7-17(8-6-16)15-37-24-21(29)11-18(12-23(24)33(35)36)14-30-32-25(34)20-13-19(28)9-10-22(20)31-26(32)27(2,3)4/h5-14H,15H2,1-4H3. The molecule has 0 aliphatic rings. The van der Waals surface area contributed by atoms with Crippen LogP contribution in [0.25, 0.3) is 10.9 Å². The first-order valence-corrected chi connectivity index (χ1v) is 12.5. The molecule has 0 saturated carbocycles. The number of nitro benzene ring substituents is 1. The molecule has 3 aromatic carbocycles. The van der Waals surface area contributed by atoms with E-state index in [0.717, 1.165) is 15.6 Å².